The number of hydrogen-bond acceptors (Lipinski definition) is 6. The number of sulfonamides is 1. The molecule has 0 fully saturated rings. The molecule has 160 valence electrons. The molecule has 1 aliphatic rings. The molecule has 8 nitrogen and oxygen atoms in total. The van der Waals surface area contributed by atoms with E-state index < -0.39 is 16.1 Å². The second-order valence-corrected chi connectivity index (χ2v) is 8.60. The molecule has 2 aromatic carbocycles. The molecule has 1 atom stereocenters. The van der Waals surface area contributed by atoms with Crippen molar-refractivity contribution in [3.63, 3.8) is 0 Å². The highest BCUT2D eigenvalue weighted by Gasteiger charge is 2.35. The van der Waals surface area contributed by atoms with Crippen LogP contribution in [0.2, 0.25) is 0 Å². The molecule has 0 unspecified atom stereocenters. The highest BCUT2D eigenvalue weighted by Crippen LogP contribution is 2.35. The fourth-order valence-corrected chi connectivity index (χ4v) is 4.52. The predicted octanol–water partition coefficient (Wildman–Crippen LogP) is 3.40. The van der Waals surface area contributed by atoms with E-state index in [2.05, 4.69) is 9.82 Å². The smallest absolute Gasteiger partial charge is 0.269 e. The number of anilines is 1. The molecule has 4 rings (SSSR count). The molecule has 1 aliphatic heterocycles. The number of furan rings is 1. The van der Waals surface area contributed by atoms with Crippen LogP contribution in [-0.4, -0.2) is 38.8 Å². The third-order valence-corrected chi connectivity index (χ3v) is 6.22. The van der Waals surface area contributed by atoms with Gasteiger partial charge in [0.05, 0.1) is 22.6 Å². The van der Waals surface area contributed by atoms with Gasteiger partial charge in [-0.15, -0.1) is 0 Å². The molecule has 1 aromatic heterocycles. The van der Waals surface area contributed by atoms with Crippen molar-refractivity contribution in [3.05, 3.63) is 84.3 Å². The largest absolute Gasteiger partial charge is 0.467 e. The molecule has 3 aromatic rings. The normalized spacial score (nSPS) is 16.2. The van der Waals surface area contributed by atoms with Gasteiger partial charge in [0.1, 0.15) is 18.4 Å². The van der Waals surface area contributed by atoms with E-state index >= 15 is 0 Å². The Kier molecular flexibility index (Phi) is 5.88. The number of hydrogen-bond donors (Lipinski definition) is 1. The van der Waals surface area contributed by atoms with E-state index in [1.54, 1.807) is 54.6 Å². The molecule has 1 N–H and O–H groups in total. The highest BCUT2D eigenvalue weighted by molar-refractivity contribution is 7.92. The molecule has 9 heteroatoms. The van der Waals surface area contributed by atoms with Crippen LogP contribution in [0.4, 0.5) is 5.69 Å². The van der Waals surface area contributed by atoms with Crippen LogP contribution in [0, 0.1) is 0 Å². The van der Waals surface area contributed by atoms with E-state index in [-0.39, 0.29) is 17.4 Å². The number of carbonyl (C=O) groups is 1. The van der Waals surface area contributed by atoms with Crippen molar-refractivity contribution in [1.82, 2.24) is 5.01 Å². The molecule has 0 spiro atoms. The zero-order chi connectivity index (χ0) is 21.8. The second-order valence-electron chi connectivity index (χ2n) is 6.92. The van der Waals surface area contributed by atoms with Crippen molar-refractivity contribution >= 4 is 27.3 Å². The lowest BCUT2D eigenvalue weighted by Crippen LogP contribution is -2.29. The van der Waals surface area contributed by atoms with Crippen LogP contribution in [-0.2, 0) is 19.6 Å². The first kappa shape index (κ1) is 20.8. The summed E-state index contributed by atoms with van der Waals surface area (Å²) in [5, 5.41) is 5.84. The van der Waals surface area contributed by atoms with Crippen molar-refractivity contribution < 1.29 is 22.4 Å². The first-order valence-electron chi connectivity index (χ1n) is 9.59. The summed E-state index contributed by atoms with van der Waals surface area (Å²) in [6, 6.07) is 18.2. The minimum absolute atomic E-state index is 0.129. The summed E-state index contributed by atoms with van der Waals surface area (Å²) in [6.45, 7) is -0.129. The monoisotopic (exact) mass is 439 g/mol. The van der Waals surface area contributed by atoms with Gasteiger partial charge in [-0.25, -0.2) is 13.4 Å². The van der Waals surface area contributed by atoms with E-state index in [0.717, 1.165) is 0 Å². The number of amides is 1. The second kappa shape index (κ2) is 8.75. The van der Waals surface area contributed by atoms with Gasteiger partial charge in [-0.05, 0) is 30.3 Å². The van der Waals surface area contributed by atoms with Crippen molar-refractivity contribution in [2.75, 3.05) is 18.4 Å². The number of nitrogens with zero attached hydrogens (tertiary/aromatic N) is 2. The fraction of sp³-hybridized carbons (Fsp3) is 0.182. The quantitative estimate of drug-likeness (QED) is 0.608. The van der Waals surface area contributed by atoms with Crippen LogP contribution < -0.4 is 4.72 Å². The first-order valence-corrected chi connectivity index (χ1v) is 11.1. The highest BCUT2D eigenvalue weighted by atomic mass is 32.2. The topological polar surface area (TPSA) is 101 Å². The van der Waals surface area contributed by atoms with Crippen LogP contribution in [0.1, 0.15) is 23.8 Å². The lowest BCUT2D eigenvalue weighted by atomic mass is 10.0. The van der Waals surface area contributed by atoms with Crippen molar-refractivity contribution in [2.24, 2.45) is 5.10 Å². The molecule has 0 aliphatic carbocycles. The molecule has 0 saturated heterocycles. The van der Waals surface area contributed by atoms with Crippen LogP contribution in [0.25, 0.3) is 0 Å². The minimum Gasteiger partial charge on any atom is -0.467 e. The summed E-state index contributed by atoms with van der Waals surface area (Å²) in [7, 11) is -2.35. The summed E-state index contributed by atoms with van der Waals surface area (Å²) in [5.74, 6) is 0.270. The van der Waals surface area contributed by atoms with Crippen LogP contribution in [0.5, 0.6) is 0 Å². The molecule has 0 saturated carbocycles. The minimum atomic E-state index is -3.78. The van der Waals surface area contributed by atoms with Gasteiger partial charge in [-0.2, -0.15) is 5.10 Å². The molecule has 31 heavy (non-hydrogen) atoms. The average molecular weight is 439 g/mol. The van der Waals surface area contributed by atoms with E-state index in [4.69, 9.17) is 9.15 Å². The summed E-state index contributed by atoms with van der Waals surface area (Å²) < 4.78 is 38.8. The number of nitrogens with one attached hydrogen (secondary N) is 1. The number of methoxy groups -OCH3 is 1. The molecule has 0 radical (unpaired) electrons. The van der Waals surface area contributed by atoms with Gasteiger partial charge in [0.15, 0.2) is 0 Å². The fourth-order valence-electron chi connectivity index (χ4n) is 3.42. The summed E-state index contributed by atoms with van der Waals surface area (Å²) in [6.07, 6.45) is 1.90. The third-order valence-electron chi connectivity index (χ3n) is 4.84. The maximum absolute atomic E-state index is 12.8. The van der Waals surface area contributed by atoms with Gasteiger partial charge >= 0.3 is 0 Å². The van der Waals surface area contributed by atoms with Crippen LogP contribution in [0.15, 0.2) is 87.4 Å². The number of benzene rings is 2. The van der Waals surface area contributed by atoms with Gasteiger partial charge in [0.2, 0.25) is 0 Å². The van der Waals surface area contributed by atoms with Crippen LogP contribution in [0.3, 0.4) is 0 Å². The molecular weight excluding hydrogens is 418 g/mol. The lowest BCUT2D eigenvalue weighted by molar-refractivity contribution is -0.137. The third kappa shape index (κ3) is 4.37. The summed E-state index contributed by atoms with van der Waals surface area (Å²) >= 11 is 0. The predicted molar refractivity (Wildman–Crippen MR) is 115 cm³/mol. The van der Waals surface area contributed by atoms with Crippen molar-refractivity contribution in [2.45, 2.75) is 17.4 Å². The summed E-state index contributed by atoms with van der Waals surface area (Å²) in [4.78, 5) is 12.7. The Morgan fingerprint density at radius 3 is 2.58 bits per heavy atom. The Labute approximate surface area is 180 Å². The SMILES string of the molecule is COCC(=O)N1N=C(c2ccccc2NS(=O)(=O)c2ccccc2)C[C@@H]1c1ccco1. The zero-order valence-electron chi connectivity index (χ0n) is 16.8. The van der Waals surface area contributed by atoms with E-state index in [1.807, 2.05) is 0 Å². The van der Waals surface area contributed by atoms with Gasteiger partial charge < -0.3 is 9.15 Å². The standard InChI is InChI=1S/C22H21N3O5S/c1-29-15-22(26)25-20(21-12-7-13-30-21)14-19(23-25)17-10-5-6-11-18(17)24-31(27,28)16-8-3-2-4-9-16/h2-13,20,24H,14-15H2,1H3/t20-/m1/s1. The maximum Gasteiger partial charge on any atom is 0.269 e. The number of para-hydroxylation sites is 1. The molecule has 0 bridgehead atoms. The van der Waals surface area contributed by atoms with Gasteiger partial charge in [0, 0.05) is 19.1 Å². The van der Waals surface area contributed by atoms with E-state index in [9.17, 15) is 13.2 Å². The van der Waals surface area contributed by atoms with E-state index in [0.29, 0.717) is 29.1 Å². The van der Waals surface area contributed by atoms with Gasteiger partial charge in [-0.1, -0.05) is 36.4 Å². The maximum atomic E-state index is 12.8. The lowest BCUT2D eigenvalue weighted by Gasteiger charge is -2.19. The Hall–Kier alpha value is -3.43. The van der Waals surface area contributed by atoms with Gasteiger partial charge in [-0.3, -0.25) is 9.52 Å². The van der Waals surface area contributed by atoms with Crippen molar-refractivity contribution in [1.29, 1.82) is 0 Å². The number of ether oxygens (including phenoxy) is 1. The Morgan fingerprint density at radius 2 is 1.87 bits per heavy atom. The Bertz CT molecular complexity index is 1190. The zero-order valence-corrected chi connectivity index (χ0v) is 17.6. The van der Waals surface area contributed by atoms with E-state index in [1.165, 1.54) is 30.5 Å². The summed E-state index contributed by atoms with van der Waals surface area (Å²) in [5.41, 5.74) is 1.54. The average Bonchev–Trinajstić information content (AvgIpc) is 3.45. The number of rotatable bonds is 7. The molecular formula is C22H21N3O5S. The van der Waals surface area contributed by atoms with Gasteiger partial charge in [0.25, 0.3) is 15.9 Å². The molecule has 2 heterocycles. The first-order chi connectivity index (χ1) is 15.0. The number of carbonyl (C=O) groups excluding carboxylic acids is 1. The Morgan fingerprint density at radius 1 is 1.13 bits per heavy atom. The van der Waals surface area contributed by atoms with Crippen molar-refractivity contribution in [3.8, 4) is 0 Å². The number of hydrazone groups is 1. The molecule has 1 amide bonds. The Balaban J connectivity index is 1.68. The van der Waals surface area contributed by atoms with Crippen LogP contribution >= 0.6 is 0 Å².